The quantitative estimate of drug-likeness (QED) is 0.757. The number of nitrogens with zero attached hydrogens (tertiary/aromatic N) is 2. The molecule has 2 N–H and O–H groups in total. The van der Waals surface area contributed by atoms with Gasteiger partial charge in [0.05, 0.1) is 19.9 Å². The smallest absolute Gasteiger partial charge is 0.146 e. The monoisotopic (exact) mass is 346 g/mol. The second-order valence-corrected chi connectivity index (χ2v) is 6.99. The van der Waals surface area contributed by atoms with Gasteiger partial charge in [-0.05, 0) is 31.2 Å². The first-order valence-corrected chi connectivity index (χ1v) is 9.01. The normalized spacial score (nSPS) is 14.8. The molecule has 24 heavy (non-hydrogen) atoms. The third kappa shape index (κ3) is 3.84. The maximum atomic E-state index is 5.40. The molecule has 7 heteroatoms. The molecule has 0 aliphatic heterocycles. The molecule has 128 valence electrons. The van der Waals surface area contributed by atoms with Crippen molar-refractivity contribution in [2.45, 2.75) is 17.6 Å². The second-order valence-electron chi connectivity index (χ2n) is 5.72. The molecule has 0 bridgehead atoms. The maximum absolute atomic E-state index is 5.40. The van der Waals surface area contributed by atoms with Crippen molar-refractivity contribution in [2.75, 3.05) is 37.7 Å². The van der Waals surface area contributed by atoms with Crippen LogP contribution in [0.25, 0.3) is 0 Å². The fourth-order valence-corrected chi connectivity index (χ4v) is 3.13. The van der Waals surface area contributed by atoms with Gasteiger partial charge in [0, 0.05) is 23.4 Å². The standard InChI is InChI=1S/C17H22N4O2S/c1-22-12-4-5-13(14(8-12)23-2)21-16-9-15(19-11-20-16)18-10-17(24-3)6-7-17/h4-5,8-9,11H,6-7,10H2,1-3H3,(H2,18,19,20,21). The first-order chi connectivity index (χ1) is 11.7. The van der Waals surface area contributed by atoms with E-state index in [0.29, 0.717) is 16.3 Å². The van der Waals surface area contributed by atoms with E-state index in [9.17, 15) is 0 Å². The van der Waals surface area contributed by atoms with Crippen molar-refractivity contribution in [1.82, 2.24) is 9.97 Å². The third-order valence-corrected chi connectivity index (χ3v) is 5.59. The molecule has 6 nitrogen and oxygen atoms in total. The zero-order chi connectivity index (χ0) is 17.0. The van der Waals surface area contributed by atoms with Crippen molar-refractivity contribution in [3.63, 3.8) is 0 Å². The number of aromatic nitrogens is 2. The Kier molecular flexibility index (Phi) is 4.99. The number of anilines is 3. The average Bonchev–Trinajstić information content (AvgIpc) is 3.41. The summed E-state index contributed by atoms with van der Waals surface area (Å²) < 4.78 is 11.0. The molecular formula is C17H22N4O2S. The molecule has 0 spiro atoms. The Hall–Kier alpha value is -2.15. The van der Waals surface area contributed by atoms with Gasteiger partial charge >= 0.3 is 0 Å². The van der Waals surface area contributed by atoms with Crippen LogP contribution in [0, 0.1) is 0 Å². The van der Waals surface area contributed by atoms with Crippen molar-refractivity contribution in [3.8, 4) is 11.5 Å². The van der Waals surface area contributed by atoms with Gasteiger partial charge in [0.2, 0.25) is 0 Å². The van der Waals surface area contributed by atoms with Crippen molar-refractivity contribution >= 4 is 29.1 Å². The minimum Gasteiger partial charge on any atom is -0.497 e. The SMILES string of the molecule is COc1ccc(Nc2cc(NCC3(SC)CC3)ncn2)c(OC)c1. The fraction of sp³-hybridized carbons (Fsp3) is 0.412. The molecule has 0 atom stereocenters. The first kappa shape index (κ1) is 16.7. The predicted octanol–water partition coefficient (Wildman–Crippen LogP) is 3.54. The Bertz CT molecular complexity index is 707. The number of hydrogen-bond donors (Lipinski definition) is 2. The molecule has 2 aromatic rings. The van der Waals surface area contributed by atoms with E-state index in [1.165, 1.54) is 12.8 Å². The van der Waals surface area contributed by atoms with Gasteiger partial charge in [-0.1, -0.05) is 0 Å². The lowest BCUT2D eigenvalue weighted by atomic mass is 10.2. The Labute approximate surface area is 146 Å². The predicted molar refractivity (Wildman–Crippen MR) is 98.8 cm³/mol. The molecule has 1 saturated carbocycles. The lowest BCUT2D eigenvalue weighted by Gasteiger charge is -2.15. The number of nitrogens with one attached hydrogen (secondary N) is 2. The molecule has 1 aliphatic rings. The summed E-state index contributed by atoms with van der Waals surface area (Å²) in [6.07, 6.45) is 6.25. The second kappa shape index (κ2) is 7.17. The third-order valence-electron chi connectivity index (χ3n) is 4.17. The van der Waals surface area contributed by atoms with Crippen molar-refractivity contribution in [2.24, 2.45) is 0 Å². The highest BCUT2D eigenvalue weighted by Gasteiger charge is 2.41. The number of ether oxygens (including phenoxy) is 2. The van der Waals surface area contributed by atoms with Crippen molar-refractivity contribution in [3.05, 3.63) is 30.6 Å². The van der Waals surface area contributed by atoms with Gasteiger partial charge in [0.15, 0.2) is 0 Å². The van der Waals surface area contributed by atoms with Crippen LogP contribution in [0.1, 0.15) is 12.8 Å². The summed E-state index contributed by atoms with van der Waals surface area (Å²) in [5, 5.41) is 6.67. The van der Waals surface area contributed by atoms with Gasteiger partial charge in [0.25, 0.3) is 0 Å². The summed E-state index contributed by atoms with van der Waals surface area (Å²) >= 11 is 1.92. The van der Waals surface area contributed by atoms with Crippen LogP contribution in [-0.4, -0.2) is 41.7 Å². The van der Waals surface area contributed by atoms with Crippen molar-refractivity contribution in [1.29, 1.82) is 0 Å². The van der Waals surface area contributed by atoms with Gasteiger partial charge in [-0.2, -0.15) is 11.8 Å². The summed E-state index contributed by atoms with van der Waals surface area (Å²) in [7, 11) is 3.26. The molecule has 0 radical (unpaired) electrons. The molecule has 1 aliphatic carbocycles. The van der Waals surface area contributed by atoms with Crippen LogP contribution in [0.3, 0.4) is 0 Å². The fourth-order valence-electron chi connectivity index (χ4n) is 2.41. The molecule has 0 saturated heterocycles. The number of rotatable bonds is 8. The summed E-state index contributed by atoms with van der Waals surface area (Å²) in [5.74, 6) is 2.97. The van der Waals surface area contributed by atoms with E-state index in [4.69, 9.17) is 9.47 Å². The highest BCUT2D eigenvalue weighted by atomic mass is 32.2. The Morgan fingerprint density at radius 3 is 2.58 bits per heavy atom. The Morgan fingerprint density at radius 1 is 1.12 bits per heavy atom. The van der Waals surface area contributed by atoms with E-state index in [1.54, 1.807) is 20.5 Å². The highest BCUT2D eigenvalue weighted by Crippen LogP contribution is 2.47. The maximum Gasteiger partial charge on any atom is 0.146 e. The lowest BCUT2D eigenvalue weighted by molar-refractivity contribution is 0.395. The van der Waals surface area contributed by atoms with Gasteiger partial charge in [-0.15, -0.1) is 0 Å². The van der Waals surface area contributed by atoms with E-state index in [2.05, 4.69) is 26.9 Å². The van der Waals surface area contributed by atoms with Crippen LogP contribution in [0.4, 0.5) is 17.3 Å². The van der Waals surface area contributed by atoms with Crippen LogP contribution < -0.4 is 20.1 Å². The van der Waals surface area contributed by atoms with Gasteiger partial charge < -0.3 is 20.1 Å². The summed E-state index contributed by atoms with van der Waals surface area (Å²) in [6, 6.07) is 7.51. The molecule has 3 rings (SSSR count). The summed E-state index contributed by atoms with van der Waals surface area (Å²) in [6.45, 7) is 0.927. The highest BCUT2D eigenvalue weighted by molar-refractivity contribution is 8.00. The van der Waals surface area contributed by atoms with Gasteiger partial charge in [-0.25, -0.2) is 9.97 Å². The molecule has 0 unspecified atom stereocenters. The molecule has 1 aromatic carbocycles. The molecule has 1 heterocycles. The zero-order valence-electron chi connectivity index (χ0n) is 14.1. The minimum absolute atomic E-state index is 0.387. The minimum atomic E-state index is 0.387. The lowest BCUT2D eigenvalue weighted by Crippen LogP contribution is -2.18. The summed E-state index contributed by atoms with van der Waals surface area (Å²) in [4.78, 5) is 8.57. The van der Waals surface area contributed by atoms with Crippen LogP contribution in [0.15, 0.2) is 30.6 Å². The van der Waals surface area contributed by atoms with Crippen LogP contribution in [0.5, 0.6) is 11.5 Å². The number of thioether (sulfide) groups is 1. The van der Waals surface area contributed by atoms with Crippen LogP contribution in [-0.2, 0) is 0 Å². The zero-order valence-corrected chi connectivity index (χ0v) is 14.9. The summed E-state index contributed by atoms with van der Waals surface area (Å²) in [5.41, 5.74) is 0.825. The number of hydrogen-bond acceptors (Lipinski definition) is 7. The van der Waals surface area contributed by atoms with Gasteiger partial charge in [0.1, 0.15) is 29.5 Å². The van der Waals surface area contributed by atoms with E-state index in [-0.39, 0.29) is 0 Å². The van der Waals surface area contributed by atoms with Crippen LogP contribution in [0.2, 0.25) is 0 Å². The molecule has 1 fully saturated rings. The van der Waals surface area contributed by atoms with E-state index in [1.807, 2.05) is 36.0 Å². The molecular weight excluding hydrogens is 324 g/mol. The van der Waals surface area contributed by atoms with E-state index >= 15 is 0 Å². The Balaban J connectivity index is 1.70. The van der Waals surface area contributed by atoms with Crippen molar-refractivity contribution < 1.29 is 9.47 Å². The Morgan fingerprint density at radius 2 is 1.92 bits per heavy atom. The largest absolute Gasteiger partial charge is 0.497 e. The van der Waals surface area contributed by atoms with E-state index in [0.717, 1.165) is 23.8 Å². The number of methoxy groups -OCH3 is 2. The average molecular weight is 346 g/mol. The van der Waals surface area contributed by atoms with E-state index < -0.39 is 0 Å². The molecule has 1 aromatic heterocycles. The van der Waals surface area contributed by atoms with Crippen LogP contribution >= 0.6 is 11.8 Å². The molecule has 0 amide bonds. The number of benzene rings is 1. The van der Waals surface area contributed by atoms with Gasteiger partial charge in [-0.3, -0.25) is 0 Å². The first-order valence-electron chi connectivity index (χ1n) is 7.78. The topological polar surface area (TPSA) is 68.3 Å².